The van der Waals surface area contributed by atoms with Crippen molar-refractivity contribution in [2.75, 3.05) is 0 Å². The Morgan fingerprint density at radius 2 is 0.861 bits per heavy atom. The summed E-state index contributed by atoms with van der Waals surface area (Å²) in [6, 6.07) is 14.6. The van der Waals surface area contributed by atoms with Gasteiger partial charge in [-0.3, -0.25) is 0 Å². The van der Waals surface area contributed by atoms with Crippen molar-refractivity contribution in [3.63, 3.8) is 0 Å². The minimum atomic E-state index is -4.50. The molecule has 36 heavy (non-hydrogen) atoms. The second kappa shape index (κ2) is 20.0. The van der Waals surface area contributed by atoms with E-state index in [9.17, 15) is 9.46 Å². The summed E-state index contributed by atoms with van der Waals surface area (Å²) in [4.78, 5) is 12.4. The van der Waals surface area contributed by atoms with Crippen molar-refractivity contribution >= 4 is 7.82 Å². The third-order valence-electron chi connectivity index (χ3n) is 6.42. The summed E-state index contributed by atoms with van der Waals surface area (Å²) in [5.74, 6) is 0.560. The quantitative estimate of drug-likeness (QED) is 0.0868. The fourth-order valence-corrected chi connectivity index (χ4v) is 5.08. The molecule has 0 saturated carbocycles. The van der Waals surface area contributed by atoms with E-state index < -0.39 is 7.82 Å². The van der Waals surface area contributed by atoms with Crippen molar-refractivity contribution in [1.29, 1.82) is 0 Å². The molecule has 0 bridgehead atoms. The molecule has 2 aromatic rings. The molecule has 0 radical (unpaired) electrons. The zero-order valence-corrected chi connectivity index (χ0v) is 25.3. The van der Waals surface area contributed by atoms with Gasteiger partial charge in [-0.1, -0.05) is 115 Å². The summed E-state index contributed by atoms with van der Waals surface area (Å²) >= 11 is 0. The Hall–Kier alpha value is -1.08. The molecule has 6 heteroatoms. The first kappa shape index (κ1) is 32.9. The van der Waals surface area contributed by atoms with E-state index in [0.717, 1.165) is 25.7 Å². The number of rotatable bonds is 20. The third-order valence-corrected chi connectivity index (χ3v) is 7.29. The van der Waals surface area contributed by atoms with Crippen molar-refractivity contribution in [2.45, 2.75) is 117 Å². The van der Waals surface area contributed by atoms with Gasteiger partial charge < -0.3 is 13.9 Å². The summed E-state index contributed by atoms with van der Waals surface area (Å²) in [6.45, 7) is 4.47. The van der Waals surface area contributed by atoms with Gasteiger partial charge in [-0.05, 0) is 61.1 Å². The van der Waals surface area contributed by atoms with Crippen molar-refractivity contribution in [3.8, 4) is 11.5 Å². The minimum Gasteiger partial charge on any atom is -0.736 e. The third kappa shape index (κ3) is 15.2. The zero-order chi connectivity index (χ0) is 25.2. The molecule has 2 rings (SSSR count). The van der Waals surface area contributed by atoms with E-state index in [-0.39, 0.29) is 32.6 Å². The van der Waals surface area contributed by atoms with Gasteiger partial charge in [0.2, 0.25) is 0 Å². The Morgan fingerprint density at radius 3 is 1.19 bits per heavy atom. The molecule has 0 aliphatic rings. The Morgan fingerprint density at radius 1 is 0.556 bits per heavy atom. The zero-order valence-electron chi connectivity index (χ0n) is 22.4. The van der Waals surface area contributed by atoms with Gasteiger partial charge in [0, 0.05) is 21.1 Å². The predicted octanol–water partition coefficient (Wildman–Crippen LogP) is 9.20. The van der Waals surface area contributed by atoms with Crippen LogP contribution >= 0.6 is 7.82 Å². The smallest absolute Gasteiger partial charge is 0.372 e. The van der Waals surface area contributed by atoms with Crippen molar-refractivity contribution in [2.24, 2.45) is 0 Å². The van der Waals surface area contributed by atoms with E-state index in [2.05, 4.69) is 13.8 Å². The number of benzene rings is 2. The molecule has 0 unspecified atom stereocenters. The molecule has 0 amide bonds. The molecule has 0 aliphatic heterocycles. The van der Waals surface area contributed by atoms with Crippen LogP contribution < -0.4 is 13.9 Å². The van der Waals surface area contributed by atoms with E-state index in [1.807, 2.05) is 24.3 Å². The van der Waals surface area contributed by atoms with Crippen LogP contribution in [0.5, 0.6) is 11.5 Å². The van der Waals surface area contributed by atoms with Crippen LogP contribution in [0.15, 0.2) is 48.5 Å². The monoisotopic (exact) mass is 599 g/mol. The second-order valence-electron chi connectivity index (χ2n) is 9.66. The van der Waals surface area contributed by atoms with Crippen LogP contribution in [0.25, 0.3) is 0 Å². The maximum atomic E-state index is 12.4. The normalized spacial score (nSPS) is 11.2. The average Bonchev–Trinajstić information content (AvgIpc) is 2.84. The van der Waals surface area contributed by atoms with Gasteiger partial charge in [0.25, 0.3) is 0 Å². The summed E-state index contributed by atoms with van der Waals surface area (Å²) in [5, 5.41) is 0. The van der Waals surface area contributed by atoms with Gasteiger partial charge in [0.15, 0.2) is 0 Å². The predicted molar refractivity (Wildman–Crippen MR) is 145 cm³/mol. The number of hydrogen-bond donors (Lipinski definition) is 0. The molecule has 0 aliphatic carbocycles. The van der Waals surface area contributed by atoms with E-state index in [0.29, 0.717) is 0 Å². The molecule has 0 fully saturated rings. The Labute approximate surface area is 234 Å². The standard InChI is InChI=1S/C30H47O4P.Mo/c1-3-5-7-9-11-13-15-17-27-19-23-29(24-20-27)33-35(31,32)34-30-25-21-28(22-26-30)18-16-14-12-10-8-6-4-2;/h19-26H,3-18H2,1-2H3,(H,31,32);/p-1. The summed E-state index contributed by atoms with van der Waals surface area (Å²) < 4.78 is 22.7. The molecule has 202 valence electrons. The SMILES string of the molecule is CCCCCCCCCc1ccc(OP(=O)([O-])Oc2ccc(CCCCCCCCC)cc2)cc1.[Mo]. The van der Waals surface area contributed by atoms with Crippen molar-refractivity contribution in [3.05, 3.63) is 59.7 Å². The molecule has 0 saturated heterocycles. The Bertz CT molecular complexity index is 772. The first-order valence-corrected chi connectivity index (χ1v) is 15.4. The van der Waals surface area contributed by atoms with E-state index in [4.69, 9.17) is 9.05 Å². The van der Waals surface area contributed by atoms with Crippen LogP contribution in [0.4, 0.5) is 0 Å². The van der Waals surface area contributed by atoms with Gasteiger partial charge in [0.05, 0.1) is 0 Å². The van der Waals surface area contributed by atoms with Gasteiger partial charge in [0.1, 0.15) is 11.5 Å². The number of aryl methyl sites for hydroxylation is 2. The van der Waals surface area contributed by atoms with Gasteiger partial charge in [-0.2, -0.15) is 0 Å². The van der Waals surface area contributed by atoms with Crippen LogP contribution in [0.1, 0.15) is 115 Å². The summed E-state index contributed by atoms with van der Waals surface area (Å²) in [7, 11) is -4.50. The maximum Gasteiger partial charge on any atom is 0.372 e. The van der Waals surface area contributed by atoms with Gasteiger partial charge >= 0.3 is 7.82 Å². The number of hydrogen-bond acceptors (Lipinski definition) is 4. The summed E-state index contributed by atoms with van der Waals surface area (Å²) in [6.07, 6.45) is 19.9. The van der Waals surface area contributed by atoms with Crippen LogP contribution in [-0.2, 0) is 38.5 Å². The molecule has 2 aromatic carbocycles. The number of phosphoric ester groups is 1. The van der Waals surface area contributed by atoms with Crippen LogP contribution in [-0.4, -0.2) is 0 Å². The maximum absolute atomic E-state index is 12.4. The van der Waals surface area contributed by atoms with E-state index >= 15 is 0 Å². The van der Waals surface area contributed by atoms with Crippen molar-refractivity contribution in [1.82, 2.24) is 0 Å². The second-order valence-corrected chi connectivity index (χ2v) is 10.9. The van der Waals surface area contributed by atoms with Gasteiger partial charge in [-0.15, -0.1) is 0 Å². The molecular formula is C30H46MoO4P-. The first-order chi connectivity index (χ1) is 17.0. The fraction of sp³-hybridized carbons (Fsp3) is 0.600. The molecule has 4 nitrogen and oxygen atoms in total. The molecule has 0 heterocycles. The first-order valence-electron chi connectivity index (χ1n) is 13.9. The summed E-state index contributed by atoms with van der Waals surface area (Å²) in [5.41, 5.74) is 2.40. The molecule has 0 aromatic heterocycles. The van der Waals surface area contributed by atoms with E-state index in [1.165, 1.54) is 88.2 Å². The molecule has 0 spiro atoms. The number of phosphoric acid groups is 1. The molecule has 0 N–H and O–H groups in total. The van der Waals surface area contributed by atoms with Crippen molar-refractivity contribution < 1.29 is 39.6 Å². The molecular weight excluding hydrogens is 551 g/mol. The largest absolute Gasteiger partial charge is 0.736 e. The average molecular weight is 598 g/mol. The van der Waals surface area contributed by atoms with E-state index in [1.54, 1.807) is 24.3 Å². The minimum absolute atomic E-state index is 0. The fourth-order valence-electron chi connectivity index (χ4n) is 4.28. The topological polar surface area (TPSA) is 58.6 Å². The molecule has 0 atom stereocenters. The van der Waals surface area contributed by atoms with Crippen LogP contribution in [0.2, 0.25) is 0 Å². The Balaban J connectivity index is 0.00000648. The number of unbranched alkanes of at least 4 members (excludes halogenated alkanes) is 12. The Kier molecular flexibility index (Phi) is 18.3. The van der Waals surface area contributed by atoms with Crippen LogP contribution in [0, 0.1) is 0 Å². The van der Waals surface area contributed by atoms with Crippen LogP contribution in [0.3, 0.4) is 0 Å². The van der Waals surface area contributed by atoms with Gasteiger partial charge in [-0.25, -0.2) is 4.57 Å².